The van der Waals surface area contributed by atoms with Crippen LogP contribution in [0, 0.1) is 0 Å². The number of carbonyl (C=O) groups excluding carboxylic acids is 1. The zero-order chi connectivity index (χ0) is 12.8. The van der Waals surface area contributed by atoms with Gasteiger partial charge in [0.15, 0.2) is 0 Å². The summed E-state index contributed by atoms with van der Waals surface area (Å²) in [5.41, 5.74) is 0.892. The maximum atomic E-state index is 12.0. The second-order valence-electron chi connectivity index (χ2n) is 4.23. The van der Waals surface area contributed by atoms with E-state index in [0.717, 1.165) is 35.7 Å². The Kier molecular flexibility index (Phi) is 4.84. The second kappa shape index (κ2) is 6.61. The monoisotopic (exact) mass is 262 g/mol. The number of hydrogen-bond acceptors (Lipinski definition) is 3. The van der Waals surface area contributed by atoms with Gasteiger partial charge in [-0.25, -0.2) is 0 Å². The van der Waals surface area contributed by atoms with Crippen LogP contribution in [0.15, 0.2) is 41.8 Å². The molecule has 2 N–H and O–H groups in total. The third-order valence-electron chi connectivity index (χ3n) is 2.88. The number of carbonyl (C=O) groups is 1. The molecule has 1 aromatic rings. The van der Waals surface area contributed by atoms with Crippen LogP contribution in [0.5, 0.6) is 0 Å². The fraction of sp³-hybridized carbons (Fsp3) is 0.357. The predicted octanol–water partition coefficient (Wildman–Crippen LogP) is 2.66. The molecule has 1 aliphatic heterocycles. The van der Waals surface area contributed by atoms with Crippen LogP contribution in [0.1, 0.15) is 12.8 Å². The molecule has 18 heavy (non-hydrogen) atoms. The van der Waals surface area contributed by atoms with Gasteiger partial charge in [0, 0.05) is 10.6 Å². The van der Waals surface area contributed by atoms with Crippen molar-refractivity contribution in [2.24, 2.45) is 0 Å². The normalized spacial score (nSPS) is 18.6. The summed E-state index contributed by atoms with van der Waals surface area (Å²) >= 11 is 1.68. The van der Waals surface area contributed by atoms with Crippen LogP contribution in [0.3, 0.4) is 0 Å². The Hall–Kier alpha value is -1.26. The predicted molar refractivity (Wildman–Crippen MR) is 77.0 cm³/mol. The summed E-state index contributed by atoms with van der Waals surface area (Å²) in [6.07, 6.45) is 3.86. The van der Waals surface area contributed by atoms with E-state index in [1.54, 1.807) is 11.8 Å². The Balaban J connectivity index is 2.03. The van der Waals surface area contributed by atoms with Gasteiger partial charge in [0.1, 0.15) is 0 Å². The van der Waals surface area contributed by atoms with Gasteiger partial charge >= 0.3 is 0 Å². The number of thioether (sulfide) groups is 1. The molecule has 3 nitrogen and oxygen atoms in total. The third-order valence-corrected chi connectivity index (χ3v) is 3.95. The summed E-state index contributed by atoms with van der Waals surface area (Å²) in [6, 6.07) is 7.84. The van der Waals surface area contributed by atoms with E-state index in [0.29, 0.717) is 0 Å². The van der Waals surface area contributed by atoms with Crippen molar-refractivity contribution in [1.29, 1.82) is 0 Å². The molecule has 1 heterocycles. The molecule has 2 rings (SSSR count). The molecule has 1 amide bonds. The van der Waals surface area contributed by atoms with Gasteiger partial charge in [0.05, 0.1) is 11.7 Å². The Bertz CT molecular complexity index is 428. The molecule has 1 aromatic carbocycles. The molecule has 1 fully saturated rings. The summed E-state index contributed by atoms with van der Waals surface area (Å²) in [6.45, 7) is 4.65. The van der Waals surface area contributed by atoms with Crippen molar-refractivity contribution in [3.63, 3.8) is 0 Å². The van der Waals surface area contributed by atoms with Gasteiger partial charge in [-0.15, -0.1) is 18.3 Å². The van der Waals surface area contributed by atoms with Gasteiger partial charge in [-0.1, -0.05) is 18.2 Å². The number of para-hydroxylation sites is 1. The Morgan fingerprint density at radius 2 is 2.39 bits per heavy atom. The number of rotatable bonds is 5. The number of benzene rings is 1. The maximum Gasteiger partial charge on any atom is 0.241 e. The summed E-state index contributed by atoms with van der Waals surface area (Å²) in [7, 11) is 0. The number of hydrogen-bond donors (Lipinski definition) is 2. The molecule has 1 atom stereocenters. The van der Waals surface area contributed by atoms with Gasteiger partial charge in [-0.05, 0) is 31.5 Å². The van der Waals surface area contributed by atoms with E-state index in [1.165, 1.54) is 0 Å². The third kappa shape index (κ3) is 3.37. The molecule has 96 valence electrons. The lowest BCUT2D eigenvalue weighted by Gasteiger charge is -2.13. The van der Waals surface area contributed by atoms with Crippen molar-refractivity contribution in [3.8, 4) is 0 Å². The molecule has 0 saturated carbocycles. The van der Waals surface area contributed by atoms with Crippen molar-refractivity contribution in [2.75, 3.05) is 17.6 Å². The largest absolute Gasteiger partial charge is 0.324 e. The summed E-state index contributed by atoms with van der Waals surface area (Å²) in [4.78, 5) is 13.1. The van der Waals surface area contributed by atoms with Gasteiger partial charge in [-0.3, -0.25) is 4.79 Å². The first kappa shape index (κ1) is 13.2. The Labute approximate surface area is 112 Å². The van der Waals surface area contributed by atoms with Gasteiger partial charge in [0.2, 0.25) is 5.91 Å². The van der Waals surface area contributed by atoms with Gasteiger partial charge < -0.3 is 10.6 Å². The van der Waals surface area contributed by atoms with E-state index in [1.807, 2.05) is 30.3 Å². The fourth-order valence-electron chi connectivity index (χ4n) is 1.97. The molecule has 0 aliphatic carbocycles. The minimum Gasteiger partial charge on any atom is -0.324 e. The molecule has 0 unspecified atom stereocenters. The molecule has 0 radical (unpaired) electrons. The summed E-state index contributed by atoms with van der Waals surface area (Å²) in [5, 5.41) is 6.21. The van der Waals surface area contributed by atoms with Crippen molar-refractivity contribution < 1.29 is 4.79 Å². The molecular weight excluding hydrogens is 244 g/mol. The van der Waals surface area contributed by atoms with Crippen molar-refractivity contribution >= 4 is 23.4 Å². The van der Waals surface area contributed by atoms with Gasteiger partial charge in [0.25, 0.3) is 0 Å². The van der Waals surface area contributed by atoms with Crippen LogP contribution in [-0.2, 0) is 4.79 Å². The molecule has 1 saturated heterocycles. The fourth-order valence-corrected chi connectivity index (χ4v) is 2.72. The molecule has 0 aromatic heterocycles. The van der Waals surface area contributed by atoms with Crippen LogP contribution >= 0.6 is 11.8 Å². The van der Waals surface area contributed by atoms with Crippen molar-refractivity contribution in [1.82, 2.24) is 5.32 Å². The van der Waals surface area contributed by atoms with Crippen LogP contribution in [0.25, 0.3) is 0 Å². The van der Waals surface area contributed by atoms with E-state index in [-0.39, 0.29) is 11.9 Å². The van der Waals surface area contributed by atoms with E-state index < -0.39 is 0 Å². The van der Waals surface area contributed by atoms with Gasteiger partial charge in [-0.2, -0.15) is 0 Å². The Morgan fingerprint density at radius 1 is 1.56 bits per heavy atom. The average Bonchev–Trinajstić information content (AvgIpc) is 2.91. The van der Waals surface area contributed by atoms with Crippen LogP contribution in [0.2, 0.25) is 0 Å². The minimum atomic E-state index is -0.0394. The Morgan fingerprint density at radius 3 is 3.11 bits per heavy atom. The van der Waals surface area contributed by atoms with Crippen LogP contribution in [0.4, 0.5) is 5.69 Å². The molecule has 0 bridgehead atoms. The number of amides is 1. The van der Waals surface area contributed by atoms with Crippen LogP contribution < -0.4 is 10.6 Å². The zero-order valence-electron chi connectivity index (χ0n) is 10.3. The second-order valence-corrected chi connectivity index (χ2v) is 5.30. The zero-order valence-corrected chi connectivity index (χ0v) is 11.1. The highest BCUT2D eigenvalue weighted by Gasteiger charge is 2.22. The lowest BCUT2D eigenvalue weighted by Crippen LogP contribution is -2.35. The maximum absolute atomic E-state index is 12.0. The standard InChI is InChI=1S/C14H18N2OS/c1-2-10-18-13-8-4-3-6-11(13)16-14(17)12-7-5-9-15-12/h2-4,6,8,12,15H,1,5,7,9-10H2,(H,16,17)/t12-/m1/s1. The van der Waals surface area contributed by atoms with E-state index in [2.05, 4.69) is 17.2 Å². The lowest BCUT2D eigenvalue weighted by molar-refractivity contribution is -0.117. The smallest absolute Gasteiger partial charge is 0.241 e. The topological polar surface area (TPSA) is 41.1 Å². The minimum absolute atomic E-state index is 0.0394. The quantitative estimate of drug-likeness (QED) is 0.633. The van der Waals surface area contributed by atoms with E-state index in [9.17, 15) is 4.79 Å². The average molecular weight is 262 g/mol. The molecule has 1 aliphatic rings. The summed E-state index contributed by atoms with van der Waals surface area (Å²) in [5.74, 6) is 0.910. The van der Waals surface area contributed by atoms with E-state index >= 15 is 0 Å². The van der Waals surface area contributed by atoms with Crippen molar-refractivity contribution in [3.05, 3.63) is 36.9 Å². The highest BCUT2D eigenvalue weighted by Crippen LogP contribution is 2.27. The number of anilines is 1. The first-order valence-electron chi connectivity index (χ1n) is 6.18. The molecule has 4 heteroatoms. The molecule has 0 spiro atoms. The highest BCUT2D eigenvalue weighted by molar-refractivity contribution is 7.99. The SMILES string of the molecule is C=CCSc1ccccc1NC(=O)[C@H]1CCCN1. The highest BCUT2D eigenvalue weighted by atomic mass is 32.2. The van der Waals surface area contributed by atoms with Crippen LogP contribution in [-0.4, -0.2) is 24.2 Å². The first-order chi connectivity index (χ1) is 8.81. The van der Waals surface area contributed by atoms with E-state index in [4.69, 9.17) is 0 Å². The number of nitrogens with one attached hydrogen (secondary N) is 2. The van der Waals surface area contributed by atoms with Crippen molar-refractivity contribution in [2.45, 2.75) is 23.8 Å². The summed E-state index contributed by atoms with van der Waals surface area (Å²) < 4.78 is 0. The molecular formula is C14H18N2OS. The lowest BCUT2D eigenvalue weighted by atomic mass is 10.2. The first-order valence-corrected chi connectivity index (χ1v) is 7.17.